The summed E-state index contributed by atoms with van der Waals surface area (Å²) in [4.78, 5) is 12.9. The zero-order valence-electron chi connectivity index (χ0n) is 14.5. The van der Waals surface area contributed by atoms with E-state index in [4.69, 9.17) is 10.6 Å². The van der Waals surface area contributed by atoms with Crippen molar-refractivity contribution in [1.82, 2.24) is 5.43 Å². The molecule has 0 aliphatic carbocycles. The fraction of sp³-hybridized carbons (Fsp3) is 0.235. The first-order chi connectivity index (χ1) is 12.4. The predicted octanol–water partition coefficient (Wildman–Crippen LogP) is 1.99. The molecule has 0 fully saturated rings. The van der Waals surface area contributed by atoms with Crippen molar-refractivity contribution < 1.29 is 17.9 Å². The van der Waals surface area contributed by atoms with Crippen LogP contribution >= 0.6 is 11.8 Å². The Morgan fingerprint density at radius 3 is 2.42 bits per heavy atom. The molecule has 140 valence electrons. The third kappa shape index (κ3) is 4.48. The normalized spacial score (nSPS) is 11.0. The molecule has 0 radical (unpaired) electrons. The monoisotopic (exact) mass is 395 g/mol. The number of amides is 1. The number of para-hydroxylation sites is 2. The molecule has 9 heteroatoms. The number of benzene rings is 2. The molecule has 0 aliphatic heterocycles. The van der Waals surface area contributed by atoms with E-state index in [0.717, 1.165) is 9.20 Å². The minimum absolute atomic E-state index is 0.0754. The molecule has 1 amide bonds. The van der Waals surface area contributed by atoms with Gasteiger partial charge in [-0.3, -0.25) is 14.5 Å². The van der Waals surface area contributed by atoms with Gasteiger partial charge in [-0.05, 0) is 49.6 Å². The van der Waals surface area contributed by atoms with Crippen LogP contribution in [0.2, 0.25) is 0 Å². The molecule has 0 atom stereocenters. The van der Waals surface area contributed by atoms with Crippen molar-refractivity contribution in [3.05, 3.63) is 48.5 Å². The average molecular weight is 396 g/mol. The lowest BCUT2D eigenvalue weighted by Crippen LogP contribution is -2.43. The number of hydrazine groups is 1. The van der Waals surface area contributed by atoms with Crippen LogP contribution in [0.4, 0.5) is 5.69 Å². The average Bonchev–Trinajstić information content (AvgIpc) is 2.66. The number of hydrogen-bond acceptors (Lipinski definition) is 6. The number of nitrogens with two attached hydrogens (primary N) is 1. The smallest absolute Gasteiger partial charge is 0.264 e. The molecule has 7 nitrogen and oxygen atoms in total. The van der Waals surface area contributed by atoms with Gasteiger partial charge in [0.1, 0.15) is 12.3 Å². The molecule has 2 aromatic carbocycles. The summed E-state index contributed by atoms with van der Waals surface area (Å²) >= 11 is 1.51. The molecule has 2 aromatic rings. The summed E-state index contributed by atoms with van der Waals surface area (Å²) in [7, 11) is -4.00. The highest BCUT2D eigenvalue weighted by Crippen LogP contribution is 2.32. The van der Waals surface area contributed by atoms with E-state index in [2.05, 4.69) is 0 Å². The Kier molecular flexibility index (Phi) is 6.90. The molecule has 0 aromatic heterocycles. The van der Waals surface area contributed by atoms with Gasteiger partial charge in [-0.2, -0.15) is 0 Å². The van der Waals surface area contributed by atoms with Gasteiger partial charge in [0.2, 0.25) is 0 Å². The number of sulfonamides is 1. The third-order valence-electron chi connectivity index (χ3n) is 3.53. The first-order valence-corrected chi connectivity index (χ1v) is 10.5. The van der Waals surface area contributed by atoms with Crippen LogP contribution in [0.15, 0.2) is 58.3 Å². The molecule has 0 saturated heterocycles. The maximum absolute atomic E-state index is 13.2. The van der Waals surface area contributed by atoms with Gasteiger partial charge < -0.3 is 4.74 Å². The Bertz CT molecular complexity index is 855. The quantitative estimate of drug-likeness (QED) is 0.307. The lowest BCUT2D eigenvalue weighted by molar-refractivity contribution is -0.119. The standard InChI is InChI=1S/C17H21N3O4S2/c1-3-24-16-7-5-4-6-15(16)20(12-17(21)19-18)26(22,23)14-10-8-13(25-2)9-11-14/h4-11H,3,12,18H2,1-2H3,(H,19,21). The lowest BCUT2D eigenvalue weighted by Gasteiger charge is -2.25. The zero-order valence-corrected chi connectivity index (χ0v) is 16.1. The van der Waals surface area contributed by atoms with Crippen LogP contribution < -0.4 is 20.3 Å². The van der Waals surface area contributed by atoms with Crippen molar-refractivity contribution in [2.45, 2.75) is 16.7 Å². The molecule has 2 rings (SSSR count). The van der Waals surface area contributed by atoms with Crippen LogP contribution in [0.25, 0.3) is 0 Å². The van der Waals surface area contributed by atoms with Crippen molar-refractivity contribution in [2.75, 3.05) is 23.7 Å². The number of anilines is 1. The summed E-state index contributed by atoms with van der Waals surface area (Å²) in [5, 5.41) is 0. The van der Waals surface area contributed by atoms with Crippen LogP contribution in [0.1, 0.15) is 6.92 Å². The topological polar surface area (TPSA) is 102 Å². The van der Waals surface area contributed by atoms with Gasteiger partial charge in [0.15, 0.2) is 0 Å². The van der Waals surface area contributed by atoms with E-state index in [0.29, 0.717) is 12.4 Å². The van der Waals surface area contributed by atoms with E-state index in [9.17, 15) is 13.2 Å². The van der Waals surface area contributed by atoms with E-state index >= 15 is 0 Å². The predicted molar refractivity (Wildman–Crippen MR) is 103 cm³/mol. The van der Waals surface area contributed by atoms with E-state index < -0.39 is 22.5 Å². The zero-order chi connectivity index (χ0) is 19.2. The number of carbonyl (C=O) groups is 1. The Morgan fingerprint density at radius 1 is 1.19 bits per heavy atom. The van der Waals surface area contributed by atoms with Gasteiger partial charge in [0, 0.05) is 4.90 Å². The second-order valence-corrected chi connectivity index (χ2v) is 7.90. The second kappa shape index (κ2) is 8.93. The number of nitrogens with one attached hydrogen (secondary N) is 1. The van der Waals surface area contributed by atoms with Crippen molar-refractivity contribution in [3.8, 4) is 5.75 Å². The number of hydrogen-bond donors (Lipinski definition) is 2. The summed E-state index contributed by atoms with van der Waals surface area (Å²) in [6.07, 6.45) is 1.90. The van der Waals surface area contributed by atoms with Gasteiger partial charge in [-0.1, -0.05) is 12.1 Å². The number of rotatable bonds is 8. The highest BCUT2D eigenvalue weighted by molar-refractivity contribution is 7.98. The molecule has 0 spiro atoms. The number of thioether (sulfide) groups is 1. The number of nitrogens with zero attached hydrogens (tertiary/aromatic N) is 1. The molecule has 0 unspecified atom stereocenters. The molecule has 0 saturated carbocycles. The number of ether oxygens (including phenoxy) is 1. The Morgan fingerprint density at radius 2 is 1.85 bits per heavy atom. The molecule has 3 N–H and O–H groups in total. The number of carbonyl (C=O) groups excluding carboxylic acids is 1. The highest BCUT2D eigenvalue weighted by Gasteiger charge is 2.29. The van der Waals surface area contributed by atoms with Crippen molar-refractivity contribution in [1.29, 1.82) is 0 Å². The second-order valence-electron chi connectivity index (χ2n) is 5.16. The maximum Gasteiger partial charge on any atom is 0.264 e. The molecule has 0 bridgehead atoms. The van der Waals surface area contributed by atoms with Crippen LogP contribution in [-0.4, -0.2) is 33.7 Å². The van der Waals surface area contributed by atoms with Gasteiger partial charge in [-0.15, -0.1) is 11.8 Å². The summed E-state index contributed by atoms with van der Waals surface area (Å²) < 4.78 is 32.9. The minimum atomic E-state index is -4.00. The van der Waals surface area contributed by atoms with Gasteiger partial charge in [-0.25, -0.2) is 14.3 Å². The van der Waals surface area contributed by atoms with Crippen LogP contribution in [0, 0.1) is 0 Å². The first-order valence-electron chi connectivity index (χ1n) is 7.82. The summed E-state index contributed by atoms with van der Waals surface area (Å²) in [6.45, 7) is 1.69. The highest BCUT2D eigenvalue weighted by atomic mass is 32.2. The van der Waals surface area contributed by atoms with Crippen molar-refractivity contribution in [3.63, 3.8) is 0 Å². The summed E-state index contributed by atoms with van der Waals surface area (Å²) in [5.74, 6) is 4.89. The van der Waals surface area contributed by atoms with Crippen LogP contribution in [-0.2, 0) is 14.8 Å². The van der Waals surface area contributed by atoms with Crippen molar-refractivity contribution >= 4 is 33.4 Å². The fourth-order valence-corrected chi connectivity index (χ4v) is 4.13. The SMILES string of the molecule is CCOc1ccccc1N(CC(=O)NN)S(=O)(=O)c1ccc(SC)cc1. The molecule has 0 heterocycles. The lowest BCUT2D eigenvalue weighted by atomic mass is 10.3. The Balaban J connectivity index is 2.54. The van der Waals surface area contributed by atoms with E-state index in [1.54, 1.807) is 43.3 Å². The van der Waals surface area contributed by atoms with Crippen LogP contribution in [0.5, 0.6) is 5.75 Å². The van der Waals surface area contributed by atoms with E-state index in [-0.39, 0.29) is 10.6 Å². The van der Waals surface area contributed by atoms with Crippen LogP contribution in [0.3, 0.4) is 0 Å². The summed E-state index contributed by atoms with van der Waals surface area (Å²) in [5.41, 5.74) is 2.24. The fourth-order valence-electron chi connectivity index (χ4n) is 2.29. The van der Waals surface area contributed by atoms with E-state index in [1.165, 1.54) is 23.9 Å². The maximum atomic E-state index is 13.2. The molecule has 0 aliphatic rings. The Hall–Kier alpha value is -2.23. The van der Waals surface area contributed by atoms with Gasteiger partial charge in [0.05, 0.1) is 17.2 Å². The van der Waals surface area contributed by atoms with Gasteiger partial charge >= 0.3 is 0 Å². The third-order valence-corrected chi connectivity index (χ3v) is 6.05. The van der Waals surface area contributed by atoms with Crippen molar-refractivity contribution in [2.24, 2.45) is 5.84 Å². The largest absolute Gasteiger partial charge is 0.492 e. The molecule has 26 heavy (non-hydrogen) atoms. The summed E-state index contributed by atoms with van der Waals surface area (Å²) in [6, 6.07) is 13.1. The minimum Gasteiger partial charge on any atom is -0.492 e. The first kappa shape index (κ1) is 20.1. The van der Waals surface area contributed by atoms with E-state index in [1.807, 2.05) is 11.7 Å². The molecular weight excluding hydrogens is 374 g/mol. The molecular formula is C17H21N3O4S2. The van der Waals surface area contributed by atoms with Gasteiger partial charge in [0.25, 0.3) is 15.9 Å². The Labute approximate surface area is 157 Å².